The van der Waals surface area contributed by atoms with Gasteiger partial charge in [-0.3, -0.25) is 0 Å². The molecule has 0 spiro atoms. The van der Waals surface area contributed by atoms with Crippen LogP contribution in [0.4, 0.5) is 0 Å². The van der Waals surface area contributed by atoms with Gasteiger partial charge in [-0.25, -0.2) is 0 Å². The molecular formula is C17H34O3S. The summed E-state index contributed by atoms with van der Waals surface area (Å²) < 4.78 is 18.2. The van der Waals surface area contributed by atoms with Gasteiger partial charge in [0.25, 0.3) is 0 Å². The maximum atomic E-state index is 6.27. The van der Waals surface area contributed by atoms with Crippen molar-refractivity contribution in [2.75, 3.05) is 19.5 Å². The monoisotopic (exact) mass is 318 g/mol. The summed E-state index contributed by atoms with van der Waals surface area (Å²) in [6.07, 6.45) is 3.71. The molecule has 1 aliphatic rings. The molecule has 1 rings (SSSR count). The van der Waals surface area contributed by atoms with Gasteiger partial charge in [0, 0.05) is 25.4 Å². The van der Waals surface area contributed by atoms with E-state index in [2.05, 4.69) is 41.5 Å². The quantitative estimate of drug-likeness (QED) is 0.634. The van der Waals surface area contributed by atoms with Crippen molar-refractivity contribution in [3.05, 3.63) is 0 Å². The van der Waals surface area contributed by atoms with Crippen molar-refractivity contribution in [3.63, 3.8) is 0 Å². The lowest BCUT2D eigenvalue weighted by molar-refractivity contribution is -0.195. The lowest BCUT2D eigenvalue weighted by Crippen LogP contribution is -2.60. The second-order valence-electron chi connectivity index (χ2n) is 6.68. The lowest BCUT2D eigenvalue weighted by atomic mass is 9.77. The molecule has 0 aromatic heterocycles. The van der Waals surface area contributed by atoms with Crippen molar-refractivity contribution >= 4 is 11.8 Å². The van der Waals surface area contributed by atoms with Crippen LogP contribution < -0.4 is 0 Å². The summed E-state index contributed by atoms with van der Waals surface area (Å²) in [4.78, 5) is 0. The molecule has 0 aromatic rings. The van der Waals surface area contributed by atoms with Crippen molar-refractivity contribution in [1.82, 2.24) is 0 Å². The molecule has 0 radical (unpaired) electrons. The highest BCUT2D eigenvalue weighted by Gasteiger charge is 2.52. The molecule has 0 aliphatic carbocycles. The van der Waals surface area contributed by atoms with Crippen molar-refractivity contribution in [2.24, 2.45) is 0 Å². The fourth-order valence-electron chi connectivity index (χ4n) is 3.45. The van der Waals surface area contributed by atoms with Crippen molar-refractivity contribution in [2.45, 2.75) is 89.5 Å². The zero-order chi connectivity index (χ0) is 16.1. The van der Waals surface area contributed by atoms with E-state index in [1.165, 1.54) is 18.6 Å². The Labute approximate surface area is 135 Å². The minimum atomic E-state index is -0.348. The summed E-state index contributed by atoms with van der Waals surface area (Å²) in [5.74, 6) is 1.23. The Kier molecular flexibility index (Phi) is 7.51. The predicted octanol–water partition coefficient (Wildman–Crippen LogP) is 4.29. The Hall–Kier alpha value is 0.230. The summed E-state index contributed by atoms with van der Waals surface area (Å²) in [7, 11) is 1.80. The predicted molar refractivity (Wildman–Crippen MR) is 91.2 cm³/mol. The smallest absolute Gasteiger partial charge is 0.106 e. The van der Waals surface area contributed by atoms with Crippen LogP contribution in [0.2, 0.25) is 0 Å². The topological polar surface area (TPSA) is 27.7 Å². The summed E-state index contributed by atoms with van der Waals surface area (Å²) in [5.41, 5.74) is -0.633. The van der Waals surface area contributed by atoms with Gasteiger partial charge in [-0.1, -0.05) is 0 Å². The van der Waals surface area contributed by atoms with Crippen molar-refractivity contribution in [1.29, 1.82) is 0 Å². The van der Waals surface area contributed by atoms with E-state index >= 15 is 0 Å². The summed E-state index contributed by atoms with van der Waals surface area (Å²) in [6.45, 7) is 13.5. The number of hydrogen-bond acceptors (Lipinski definition) is 4. The molecule has 1 fully saturated rings. The first-order valence-corrected chi connectivity index (χ1v) is 9.30. The molecule has 126 valence electrons. The molecule has 4 unspecified atom stereocenters. The van der Waals surface area contributed by atoms with Crippen LogP contribution in [-0.2, 0) is 14.2 Å². The molecule has 0 aromatic carbocycles. The first-order valence-electron chi connectivity index (χ1n) is 8.25. The van der Waals surface area contributed by atoms with E-state index in [1.807, 2.05) is 11.8 Å². The number of hydrogen-bond donors (Lipinski definition) is 0. The largest absolute Gasteiger partial charge is 0.376 e. The molecular weight excluding hydrogens is 284 g/mol. The third-order valence-corrected chi connectivity index (χ3v) is 6.28. The summed E-state index contributed by atoms with van der Waals surface area (Å²) in [6, 6.07) is 0. The fourth-order valence-corrected chi connectivity index (χ4v) is 5.03. The average Bonchev–Trinajstić information content (AvgIpc) is 2.91. The molecule has 4 atom stereocenters. The normalized spacial score (nSPS) is 26.6. The van der Waals surface area contributed by atoms with E-state index in [4.69, 9.17) is 14.2 Å². The first kappa shape index (κ1) is 19.3. The molecule has 21 heavy (non-hydrogen) atoms. The molecule has 3 nitrogen and oxygen atoms in total. The highest BCUT2D eigenvalue weighted by molar-refractivity contribution is 8.00. The van der Waals surface area contributed by atoms with Gasteiger partial charge in [0.15, 0.2) is 0 Å². The van der Waals surface area contributed by atoms with Crippen LogP contribution in [-0.4, -0.2) is 48.1 Å². The van der Waals surface area contributed by atoms with Crippen molar-refractivity contribution < 1.29 is 14.2 Å². The molecule has 1 heterocycles. The Morgan fingerprint density at radius 1 is 1.24 bits per heavy atom. The highest BCUT2D eigenvalue weighted by atomic mass is 32.2. The molecule has 0 N–H and O–H groups in total. The Balaban J connectivity index is 2.93. The van der Waals surface area contributed by atoms with E-state index in [0.717, 1.165) is 6.42 Å². The molecule has 0 amide bonds. The molecule has 1 aliphatic heterocycles. The second-order valence-corrected chi connectivity index (χ2v) is 7.99. The van der Waals surface area contributed by atoms with E-state index in [-0.39, 0.29) is 23.4 Å². The van der Waals surface area contributed by atoms with E-state index in [9.17, 15) is 0 Å². The minimum Gasteiger partial charge on any atom is -0.376 e. The van der Waals surface area contributed by atoms with Gasteiger partial charge in [0.1, 0.15) is 5.60 Å². The van der Waals surface area contributed by atoms with Crippen LogP contribution in [0.5, 0.6) is 0 Å². The zero-order valence-electron chi connectivity index (χ0n) is 14.9. The lowest BCUT2D eigenvalue weighted by Gasteiger charge is -2.49. The maximum absolute atomic E-state index is 6.27. The molecule has 0 saturated carbocycles. The van der Waals surface area contributed by atoms with Crippen molar-refractivity contribution in [3.8, 4) is 0 Å². The van der Waals surface area contributed by atoms with E-state index in [0.29, 0.717) is 11.9 Å². The second kappa shape index (κ2) is 8.19. The van der Waals surface area contributed by atoms with Crippen LogP contribution in [0.25, 0.3) is 0 Å². The third kappa shape index (κ3) is 4.60. The minimum absolute atomic E-state index is 0.154. The highest BCUT2D eigenvalue weighted by Crippen LogP contribution is 2.45. The van der Waals surface area contributed by atoms with Gasteiger partial charge in [0.05, 0.1) is 17.8 Å². The van der Waals surface area contributed by atoms with Crippen LogP contribution in [0.15, 0.2) is 0 Å². The third-order valence-electron chi connectivity index (χ3n) is 4.67. The maximum Gasteiger partial charge on any atom is 0.106 e. The zero-order valence-corrected chi connectivity index (χ0v) is 15.7. The number of ether oxygens (including phenoxy) is 3. The van der Waals surface area contributed by atoms with Crippen LogP contribution >= 0.6 is 11.8 Å². The standard InChI is InChI=1S/C17H34O3S/c1-8-19-17(6,15-10-9-11-21-15)16(5,18-7)12-14(4)20-13(2)3/h13-15H,8-12H2,1-7H3. The number of rotatable bonds is 9. The Bertz CT molecular complexity index is 304. The van der Waals surface area contributed by atoms with E-state index in [1.54, 1.807) is 7.11 Å². The van der Waals surface area contributed by atoms with Crippen LogP contribution in [0, 0.1) is 0 Å². The summed E-state index contributed by atoms with van der Waals surface area (Å²) in [5, 5.41) is 0.494. The van der Waals surface area contributed by atoms with E-state index < -0.39 is 0 Å². The first-order chi connectivity index (χ1) is 9.79. The Morgan fingerprint density at radius 3 is 2.33 bits per heavy atom. The summed E-state index contributed by atoms with van der Waals surface area (Å²) >= 11 is 2.03. The van der Waals surface area contributed by atoms with Gasteiger partial charge < -0.3 is 14.2 Å². The van der Waals surface area contributed by atoms with Gasteiger partial charge >= 0.3 is 0 Å². The number of methoxy groups -OCH3 is 1. The van der Waals surface area contributed by atoms with Crippen LogP contribution in [0.3, 0.4) is 0 Å². The SMILES string of the molecule is CCOC(C)(C1CCCS1)C(C)(CC(C)OC(C)C)OC. The van der Waals surface area contributed by atoms with Gasteiger partial charge in [-0.15, -0.1) is 0 Å². The van der Waals surface area contributed by atoms with Gasteiger partial charge in [-0.2, -0.15) is 11.8 Å². The molecule has 0 bridgehead atoms. The average molecular weight is 319 g/mol. The Morgan fingerprint density at radius 2 is 1.90 bits per heavy atom. The van der Waals surface area contributed by atoms with Gasteiger partial charge in [-0.05, 0) is 60.1 Å². The fraction of sp³-hybridized carbons (Fsp3) is 1.00. The molecule has 1 saturated heterocycles. The number of thioether (sulfide) groups is 1. The van der Waals surface area contributed by atoms with Crippen LogP contribution in [0.1, 0.15) is 60.8 Å². The molecule has 4 heteroatoms. The van der Waals surface area contributed by atoms with Gasteiger partial charge in [0.2, 0.25) is 0 Å².